The van der Waals surface area contributed by atoms with Gasteiger partial charge in [-0.05, 0) is 17.9 Å². The van der Waals surface area contributed by atoms with Crippen LogP contribution in [0.5, 0.6) is 0 Å². The van der Waals surface area contributed by atoms with Gasteiger partial charge in [-0.25, -0.2) is 0 Å². The largest absolute Gasteiger partial charge is 0.348 e. The van der Waals surface area contributed by atoms with Crippen LogP contribution in [0.4, 0.5) is 0 Å². The van der Waals surface area contributed by atoms with Crippen LogP contribution in [-0.4, -0.2) is 11.9 Å². The molecule has 3 N–H and O–H groups in total. The van der Waals surface area contributed by atoms with Gasteiger partial charge in [-0.3, -0.25) is 4.79 Å². The molecule has 1 rings (SSSR count). The molecular formula is C14H22N2O. The highest BCUT2D eigenvalue weighted by Gasteiger charge is 2.20. The van der Waals surface area contributed by atoms with Gasteiger partial charge in [0.25, 0.3) is 0 Å². The molecule has 0 saturated heterocycles. The van der Waals surface area contributed by atoms with Gasteiger partial charge < -0.3 is 11.1 Å². The van der Waals surface area contributed by atoms with E-state index in [-0.39, 0.29) is 17.9 Å². The summed E-state index contributed by atoms with van der Waals surface area (Å²) in [6.07, 6.45) is 0.862. The molecule has 0 fully saturated rings. The van der Waals surface area contributed by atoms with Crippen LogP contribution in [0.3, 0.4) is 0 Å². The highest BCUT2D eigenvalue weighted by molar-refractivity contribution is 5.82. The number of amides is 1. The Hall–Kier alpha value is -1.35. The van der Waals surface area contributed by atoms with Crippen LogP contribution in [0.25, 0.3) is 0 Å². The van der Waals surface area contributed by atoms with Gasteiger partial charge in [0, 0.05) is 0 Å². The van der Waals surface area contributed by atoms with Crippen LogP contribution in [0, 0.1) is 5.92 Å². The monoisotopic (exact) mass is 234 g/mol. The van der Waals surface area contributed by atoms with Gasteiger partial charge in [0.05, 0.1) is 12.1 Å². The fourth-order valence-corrected chi connectivity index (χ4v) is 1.68. The van der Waals surface area contributed by atoms with Crippen molar-refractivity contribution in [2.75, 3.05) is 0 Å². The van der Waals surface area contributed by atoms with Crippen LogP contribution >= 0.6 is 0 Å². The molecule has 0 saturated carbocycles. The van der Waals surface area contributed by atoms with Crippen molar-refractivity contribution in [1.82, 2.24) is 5.32 Å². The van der Waals surface area contributed by atoms with Crippen molar-refractivity contribution in [3.8, 4) is 0 Å². The summed E-state index contributed by atoms with van der Waals surface area (Å²) in [6, 6.07) is 9.59. The Morgan fingerprint density at radius 3 is 2.35 bits per heavy atom. The third-order valence-corrected chi connectivity index (χ3v) is 2.95. The molecule has 3 nitrogen and oxygen atoms in total. The van der Waals surface area contributed by atoms with Crippen LogP contribution < -0.4 is 11.1 Å². The van der Waals surface area contributed by atoms with Crippen molar-refractivity contribution >= 4 is 5.91 Å². The summed E-state index contributed by atoms with van der Waals surface area (Å²) in [5.74, 6) is 0.0824. The molecule has 0 aromatic heterocycles. The fourth-order valence-electron chi connectivity index (χ4n) is 1.68. The van der Waals surface area contributed by atoms with Crippen molar-refractivity contribution in [1.29, 1.82) is 0 Å². The summed E-state index contributed by atoms with van der Waals surface area (Å²) >= 11 is 0. The van der Waals surface area contributed by atoms with E-state index < -0.39 is 6.04 Å². The van der Waals surface area contributed by atoms with E-state index in [1.54, 1.807) is 0 Å². The highest BCUT2D eigenvalue weighted by atomic mass is 16.2. The molecule has 1 aromatic carbocycles. The number of carbonyl (C=O) groups is 1. The van der Waals surface area contributed by atoms with E-state index in [1.165, 1.54) is 0 Å². The molecule has 0 heterocycles. The van der Waals surface area contributed by atoms with Gasteiger partial charge >= 0.3 is 0 Å². The van der Waals surface area contributed by atoms with E-state index in [2.05, 4.69) is 12.2 Å². The van der Waals surface area contributed by atoms with Crippen LogP contribution in [0.15, 0.2) is 30.3 Å². The SMILES string of the molecule is CCC(NC(=O)[C@@H](N)C(C)C)c1ccccc1. The number of hydrogen-bond acceptors (Lipinski definition) is 2. The van der Waals surface area contributed by atoms with E-state index in [9.17, 15) is 4.79 Å². The Kier molecular flexibility index (Phi) is 5.16. The summed E-state index contributed by atoms with van der Waals surface area (Å²) in [4.78, 5) is 11.9. The Morgan fingerprint density at radius 2 is 1.88 bits per heavy atom. The first kappa shape index (κ1) is 13.7. The van der Waals surface area contributed by atoms with Gasteiger partial charge in [0.15, 0.2) is 0 Å². The molecule has 17 heavy (non-hydrogen) atoms. The molecule has 0 bridgehead atoms. The topological polar surface area (TPSA) is 55.1 Å². The molecule has 1 unspecified atom stereocenters. The maximum Gasteiger partial charge on any atom is 0.237 e. The van der Waals surface area contributed by atoms with Crippen molar-refractivity contribution in [2.45, 2.75) is 39.3 Å². The second-order valence-electron chi connectivity index (χ2n) is 4.65. The third kappa shape index (κ3) is 3.86. The number of nitrogens with two attached hydrogens (primary N) is 1. The zero-order valence-electron chi connectivity index (χ0n) is 10.8. The highest BCUT2D eigenvalue weighted by Crippen LogP contribution is 2.16. The lowest BCUT2D eigenvalue weighted by Crippen LogP contribution is -2.45. The predicted octanol–water partition coefficient (Wildman–Crippen LogP) is 2.24. The summed E-state index contributed by atoms with van der Waals surface area (Å²) in [5, 5.41) is 3.00. The fraction of sp³-hybridized carbons (Fsp3) is 0.500. The zero-order valence-corrected chi connectivity index (χ0v) is 10.8. The van der Waals surface area contributed by atoms with E-state index in [1.807, 2.05) is 44.2 Å². The van der Waals surface area contributed by atoms with E-state index in [0.717, 1.165) is 12.0 Å². The lowest BCUT2D eigenvalue weighted by atomic mass is 10.0. The number of nitrogens with one attached hydrogen (secondary N) is 1. The summed E-state index contributed by atoms with van der Waals surface area (Å²) in [5.41, 5.74) is 6.95. The van der Waals surface area contributed by atoms with Crippen molar-refractivity contribution in [3.63, 3.8) is 0 Å². The quantitative estimate of drug-likeness (QED) is 0.821. The molecule has 94 valence electrons. The molecule has 0 radical (unpaired) electrons. The van der Waals surface area contributed by atoms with Gasteiger partial charge in [-0.2, -0.15) is 0 Å². The number of rotatable bonds is 5. The minimum atomic E-state index is -0.437. The maximum atomic E-state index is 11.9. The van der Waals surface area contributed by atoms with Gasteiger partial charge in [-0.1, -0.05) is 51.1 Å². The summed E-state index contributed by atoms with van der Waals surface area (Å²) in [6.45, 7) is 5.96. The van der Waals surface area contributed by atoms with E-state index in [0.29, 0.717) is 0 Å². The minimum Gasteiger partial charge on any atom is -0.348 e. The average molecular weight is 234 g/mol. The summed E-state index contributed by atoms with van der Waals surface area (Å²) < 4.78 is 0. The standard InChI is InChI=1S/C14H22N2O/c1-4-12(11-8-6-5-7-9-11)16-14(17)13(15)10(2)3/h5-10,12-13H,4,15H2,1-3H3,(H,16,17)/t12?,13-/m0/s1. The maximum absolute atomic E-state index is 11.9. The second-order valence-corrected chi connectivity index (χ2v) is 4.65. The first-order valence-electron chi connectivity index (χ1n) is 6.17. The van der Waals surface area contributed by atoms with Gasteiger partial charge in [-0.15, -0.1) is 0 Å². The molecular weight excluding hydrogens is 212 g/mol. The lowest BCUT2D eigenvalue weighted by Gasteiger charge is -2.21. The minimum absolute atomic E-state index is 0.0495. The van der Waals surface area contributed by atoms with Crippen LogP contribution in [0.2, 0.25) is 0 Å². The zero-order chi connectivity index (χ0) is 12.8. The van der Waals surface area contributed by atoms with Gasteiger partial charge in [0.1, 0.15) is 0 Å². The Labute approximate surface area is 103 Å². The molecule has 2 atom stereocenters. The number of hydrogen-bond donors (Lipinski definition) is 2. The van der Waals surface area contributed by atoms with Crippen LogP contribution in [-0.2, 0) is 4.79 Å². The Morgan fingerprint density at radius 1 is 1.29 bits per heavy atom. The van der Waals surface area contributed by atoms with Gasteiger partial charge in [0.2, 0.25) is 5.91 Å². The second kappa shape index (κ2) is 6.40. The predicted molar refractivity (Wildman–Crippen MR) is 70.4 cm³/mol. The Balaban J connectivity index is 2.68. The molecule has 1 aromatic rings. The normalized spacial score (nSPS) is 14.4. The number of benzene rings is 1. The molecule has 0 spiro atoms. The van der Waals surface area contributed by atoms with Crippen LogP contribution in [0.1, 0.15) is 38.8 Å². The van der Waals surface area contributed by atoms with Crippen molar-refractivity contribution in [2.24, 2.45) is 11.7 Å². The van der Waals surface area contributed by atoms with Crippen molar-refractivity contribution in [3.05, 3.63) is 35.9 Å². The Bertz CT molecular complexity index is 348. The first-order valence-corrected chi connectivity index (χ1v) is 6.17. The van der Waals surface area contributed by atoms with Crippen molar-refractivity contribution < 1.29 is 4.79 Å². The smallest absolute Gasteiger partial charge is 0.237 e. The third-order valence-electron chi connectivity index (χ3n) is 2.95. The van der Waals surface area contributed by atoms with E-state index in [4.69, 9.17) is 5.73 Å². The molecule has 0 aliphatic carbocycles. The number of carbonyl (C=O) groups excluding carboxylic acids is 1. The average Bonchev–Trinajstić information content (AvgIpc) is 2.35. The molecule has 0 aliphatic rings. The lowest BCUT2D eigenvalue weighted by molar-refractivity contribution is -0.124. The first-order chi connectivity index (χ1) is 8.06. The summed E-state index contributed by atoms with van der Waals surface area (Å²) in [7, 11) is 0. The molecule has 0 aliphatic heterocycles. The molecule has 3 heteroatoms. The van der Waals surface area contributed by atoms with E-state index >= 15 is 0 Å². The molecule has 1 amide bonds.